The van der Waals surface area contributed by atoms with Crippen molar-refractivity contribution < 1.29 is 4.74 Å². The van der Waals surface area contributed by atoms with Crippen molar-refractivity contribution >= 4 is 16.9 Å². The Balaban J connectivity index is 1.40. The third-order valence-corrected chi connectivity index (χ3v) is 5.89. The van der Waals surface area contributed by atoms with Gasteiger partial charge >= 0.3 is 0 Å². The van der Waals surface area contributed by atoms with E-state index in [1.165, 1.54) is 11.1 Å². The number of hydrogen-bond donors (Lipinski definition) is 1. The Bertz CT molecular complexity index is 995. The molecule has 0 aliphatic carbocycles. The van der Waals surface area contributed by atoms with Crippen LogP contribution in [0, 0.1) is 13.8 Å². The molecule has 0 bridgehead atoms. The number of methoxy groups -OCH3 is 1. The van der Waals surface area contributed by atoms with Gasteiger partial charge in [-0.2, -0.15) is 0 Å². The summed E-state index contributed by atoms with van der Waals surface area (Å²) in [5, 5.41) is 4.93. The fraction of sp³-hybridized carbons (Fsp3) is 0.417. The molecule has 0 amide bonds. The monoisotopic (exact) mass is 390 g/mol. The predicted molar refractivity (Wildman–Crippen MR) is 119 cm³/mol. The second kappa shape index (κ2) is 8.37. The second-order valence-electron chi connectivity index (χ2n) is 8.06. The fourth-order valence-electron chi connectivity index (χ4n) is 4.13. The summed E-state index contributed by atoms with van der Waals surface area (Å²) in [5.74, 6) is 1.77. The van der Waals surface area contributed by atoms with Crippen molar-refractivity contribution in [1.29, 1.82) is 0 Å². The van der Waals surface area contributed by atoms with E-state index in [4.69, 9.17) is 14.7 Å². The third-order valence-electron chi connectivity index (χ3n) is 5.89. The lowest BCUT2D eigenvalue weighted by molar-refractivity contribution is 0.377. The van der Waals surface area contributed by atoms with Crippen molar-refractivity contribution in [1.82, 2.24) is 15.3 Å². The fourth-order valence-corrected chi connectivity index (χ4v) is 4.13. The third kappa shape index (κ3) is 4.35. The zero-order chi connectivity index (χ0) is 20.4. The molecule has 1 aliphatic heterocycles. The van der Waals surface area contributed by atoms with Crippen molar-refractivity contribution in [2.45, 2.75) is 45.7 Å². The number of benzene rings is 2. The average molecular weight is 391 g/mol. The lowest BCUT2D eigenvalue weighted by atomic mass is 10.0. The van der Waals surface area contributed by atoms with Gasteiger partial charge in [0.05, 0.1) is 18.3 Å². The lowest BCUT2D eigenvalue weighted by Gasteiger charge is -2.34. The molecule has 29 heavy (non-hydrogen) atoms. The Labute approximate surface area is 173 Å². The van der Waals surface area contributed by atoms with Gasteiger partial charge in [0.1, 0.15) is 5.75 Å². The second-order valence-corrected chi connectivity index (χ2v) is 8.06. The molecule has 4 rings (SSSR count). The Morgan fingerprint density at radius 3 is 2.62 bits per heavy atom. The number of fused-ring (bicyclic) bond motifs is 1. The normalized spacial score (nSPS) is 16.2. The van der Waals surface area contributed by atoms with E-state index in [0.29, 0.717) is 12.1 Å². The number of piperidine rings is 1. The van der Waals surface area contributed by atoms with E-state index >= 15 is 0 Å². The molecule has 2 heterocycles. The van der Waals surface area contributed by atoms with Crippen molar-refractivity contribution in [3.05, 3.63) is 59.3 Å². The molecule has 1 aliphatic rings. The molecule has 1 aromatic heterocycles. The van der Waals surface area contributed by atoms with Crippen LogP contribution in [0.3, 0.4) is 0 Å². The van der Waals surface area contributed by atoms with Crippen LogP contribution >= 0.6 is 0 Å². The van der Waals surface area contributed by atoms with E-state index < -0.39 is 0 Å². The van der Waals surface area contributed by atoms with Crippen LogP contribution in [0.15, 0.2) is 42.5 Å². The topological polar surface area (TPSA) is 50.3 Å². The Kier molecular flexibility index (Phi) is 5.67. The molecule has 152 valence electrons. The van der Waals surface area contributed by atoms with Gasteiger partial charge in [0, 0.05) is 30.6 Å². The van der Waals surface area contributed by atoms with Crippen molar-refractivity contribution in [2.75, 3.05) is 25.1 Å². The smallest absolute Gasteiger partial charge is 0.226 e. The minimum Gasteiger partial charge on any atom is -0.497 e. The zero-order valence-corrected chi connectivity index (χ0v) is 17.8. The number of anilines is 1. The predicted octanol–water partition coefficient (Wildman–Crippen LogP) is 4.57. The van der Waals surface area contributed by atoms with Gasteiger partial charge in [0.2, 0.25) is 5.95 Å². The number of aromatic nitrogens is 2. The molecule has 5 heteroatoms. The molecular formula is C24H30N4O. The van der Waals surface area contributed by atoms with Crippen molar-refractivity contribution in [2.24, 2.45) is 0 Å². The van der Waals surface area contributed by atoms with Gasteiger partial charge < -0.3 is 15.0 Å². The summed E-state index contributed by atoms with van der Waals surface area (Å²) in [6, 6.07) is 15.5. The summed E-state index contributed by atoms with van der Waals surface area (Å²) in [6.45, 7) is 8.35. The van der Waals surface area contributed by atoms with Crippen LogP contribution in [0.25, 0.3) is 10.9 Å². The molecular weight excluding hydrogens is 360 g/mol. The standard InChI is InChI=1S/C24H30N4O/c1-16-8-9-23-22(14-16)18(3)26-24(27-23)28-12-10-20(11-13-28)25-17(2)19-6-5-7-21(15-19)29-4/h5-9,14-15,17,20,25H,10-13H2,1-4H3/t17-/m1/s1. The van der Waals surface area contributed by atoms with E-state index in [1.807, 2.05) is 6.07 Å². The summed E-state index contributed by atoms with van der Waals surface area (Å²) in [4.78, 5) is 12.0. The summed E-state index contributed by atoms with van der Waals surface area (Å²) < 4.78 is 5.36. The lowest BCUT2D eigenvalue weighted by Crippen LogP contribution is -2.43. The molecule has 0 spiro atoms. The zero-order valence-electron chi connectivity index (χ0n) is 17.8. The number of hydrogen-bond acceptors (Lipinski definition) is 5. The minimum absolute atomic E-state index is 0.295. The Morgan fingerprint density at radius 1 is 1.07 bits per heavy atom. The summed E-state index contributed by atoms with van der Waals surface area (Å²) in [5.41, 5.74) is 4.59. The van der Waals surface area contributed by atoms with E-state index in [-0.39, 0.29) is 0 Å². The highest BCUT2D eigenvalue weighted by Crippen LogP contribution is 2.24. The summed E-state index contributed by atoms with van der Waals surface area (Å²) >= 11 is 0. The van der Waals surface area contributed by atoms with Crippen LogP contribution < -0.4 is 15.0 Å². The number of rotatable bonds is 5. The number of aryl methyl sites for hydroxylation is 2. The highest BCUT2D eigenvalue weighted by molar-refractivity contribution is 5.82. The van der Waals surface area contributed by atoms with Crippen LogP contribution in [0.1, 0.15) is 42.6 Å². The summed E-state index contributed by atoms with van der Waals surface area (Å²) in [6.07, 6.45) is 2.17. The van der Waals surface area contributed by atoms with Crippen molar-refractivity contribution in [3.8, 4) is 5.75 Å². The van der Waals surface area contributed by atoms with Gasteiger partial charge in [-0.15, -0.1) is 0 Å². The molecule has 0 unspecified atom stereocenters. The van der Waals surface area contributed by atoms with Crippen LogP contribution in [-0.4, -0.2) is 36.2 Å². The first-order valence-electron chi connectivity index (χ1n) is 10.4. The molecule has 3 aromatic rings. The first kappa shape index (κ1) is 19.6. The van der Waals surface area contributed by atoms with Gasteiger partial charge in [-0.1, -0.05) is 23.8 Å². The van der Waals surface area contributed by atoms with E-state index in [2.05, 4.69) is 67.4 Å². The molecule has 1 saturated heterocycles. The molecule has 0 radical (unpaired) electrons. The largest absolute Gasteiger partial charge is 0.497 e. The molecule has 2 aromatic carbocycles. The maximum Gasteiger partial charge on any atom is 0.226 e. The maximum atomic E-state index is 5.36. The average Bonchev–Trinajstić information content (AvgIpc) is 2.74. The van der Waals surface area contributed by atoms with Gasteiger partial charge in [-0.3, -0.25) is 0 Å². The van der Waals surface area contributed by atoms with Crippen LogP contribution in [0.4, 0.5) is 5.95 Å². The van der Waals surface area contributed by atoms with Crippen LogP contribution in [-0.2, 0) is 0 Å². The molecule has 1 N–H and O–H groups in total. The van der Waals surface area contributed by atoms with Gasteiger partial charge in [-0.25, -0.2) is 9.97 Å². The van der Waals surface area contributed by atoms with Crippen LogP contribution in [0.2, 0.25) is 0 Å². The quantitative estimate of drug-likeness (QED) is 0.691. The number of nitrogens with zero attached hydrogens (tertiary/aromatic N) is 3. The SMILES string of the molecule is COc1cccc([C@@H](C)NC2CCN(c3nc(C)c4cc(C)ccc4n3)CC2)c1. The number of ether oxygens (including phenoxy) is 1. The first-order chi connectivity index (χ1) is 14.0. The van der Waals surface area contributed by atoms with Gasteiger partial charge in [0.25, 0.3) is 0 Å². The molecule has 5 nitrogen and oxygen atoms in total. The minimum atomic E-state index is 0.295. The van der Waals surface area contributed by atoms with E-state index in [1.54, 1.807) is 7.11 Å². The molecule has 0 saturated carbocycles. The van der Waals surface area contributed by atoms with Crippen LogP contribution in [0.5, 0.6) is 5.75 Å². The Morgan fingerprint density at radius 2 is 1.86 bits per heavy atom. The molecule has 1 atom stereocenters. The van der Waals surface area contributed by atoms with Crippen molar-refractivity contribution in [3.63, 3.8) is 0 Å². The van der Waals surface area contributed by atoms with E-state index in [0.717, 1.165) is 54.2 Å². The number of nitrogens with one attached hydrogen (secondary N) is 1. The van der Waals surface area contributed by atoms with Gasteiger partial charge in [-0.05, 0) is 63.4 Å². The summed E-state index contributed by atoms with van der Waals surface area (Å²) in [7, 11) is 1.71. The Hall–Kier alpha value is -2.66. The highest BCUT2D eigenvalue weighted by Gasteiger charge is 2.23. The maximum absolute atomic E-state index is 5.36. The van der Waals surface area contributed by atoms with Gasteiger partial charge in [0.15, 0.2) is 0 Å². The molecule has 1 fully saturated rings. The highest BCUT2D eigenvalue weighted by atomic mass is 16.5. The first-order valence-corrected chi connectivity index (χ1v) is 10.4. The van der Waals surface area contributed by atoms with E-state index in [9.17, 15) is 0 Å².